The Morgan fingerprint density at radius 2 is 1.53 bits per heavy atom. The molecule has 5 heteroatoms. The first-order valence-corrected chi connectivity index (χ1v) is 5.70. The normalized spacial score (nSPS) is 10.8. The van der Waals surface area contributed by atoms with Crippen molar-refractivity contribution in [2.24, 2.45) is 0 Å². The second-order valence-electron chi connectivity index (χ2n) is 3.60. The molecule has 0 rings (SSSR count). The lowest BCUT2D eigenvalue weighted by molar-refractivity contribution is 0.162. The van der Waals surface area contributed by atoms with Crippen LogP contribution in [0, 0.1) is 0 Å². The van der Waals surface area contributed by atoms with E-state index in [4.69, 9.17) is 28.1 Å². The lowest BCUT2D eigenvalue weighted by Crippen LogP contribution is -2.36. The molecule has 1 atom stereocenters. The number of alkyl halides is 1. The molecule has 0 aliphatic rings. The molecule has 0 aliphatic carbocycles. The highest BCUT2D eigenvalue weighted by molar-refractivity contribution is 6.92. The minimum Gasteiger partial charge on any atom is -0.382 e. The van der Waals surface area contributed by atoms with Crippen molar-refractivity contribution in [3.05, 3.63) is 0 Å². The molecule has 0 amide bonds. The predicted octanol–water partition coefficient (Wildman–Crippen LogP) is 3.93. The van der Waals surface area contributed by atoms with Crippen molar-refractivity contribution in [1.82, 2.24) is 4.42 Å². The van der Waals surface area contributed by atoms with E-state index in [0.717, 1.165) is 13.2 Å². The standard InChI is InChI=1S/C6H13Cl2N.C4H10O.H3P/c1-5(2)9(8)6(3,4)7;1-3-5-4-2;/h5H,1-4H3;3-4H2,1-2H3;1H3. The summed E-state index contributed by atoms with van der Waals surface area (Å²) in [5, 5.41) is 0. The molecule has 0 saturated carbocycles. The second-order valence-corrected chi connectivity index (χ2v) is 4.89. The highest BCUT2D eigenvalue weighted by atomic mass is 35.5. The number of hydrogen-bond donors (Lipinski definition) is 0. The van der Waals surface area contributed by atoms with Crippen LogP contribution >= 0.6 is 33.3 Å². The summed E-state index contributed by atoms with van der Waals surface area (Å²) in [5.74, 6) is 0. The summed E-state index contributed by atoms with van der Waals surface area (Å²) in [6, 6.07) is 0.277. The van der Waals surface area contributed by atoms with Crippen molar-refractivity contribution in [1.29, 1.82) is 0 Å². The average molecular weight is 278 g/mol. The quantitative estimate of drug-likeness (QED) is 0.334. The number of halogens is 2. The Morgan fingerprint density at radius 3 is 1.53 bits per heavy atom. The van der Waals surface area contributed by atoms with Crippen molar-refractivity contribution in [3.63, 3.8) is 0 Å². The third kappa shape index (κ3) is 14.9. The van der Waals surface area contributed by atoms with E-state index in [1.54, 1.807) is 4.42 Å². The van der Waals surface area contributed by atoms with Crippen LogP contribution in [-0.2, 0) is 4.74 Å². The van der Waals surface area contributed by atoms with Crippen molar-refractivity contribution < 1.29 is 4.74 Å². The van der Waals surface area contributed by atoms with E-state index in [1.807, 2.05) is 41.5 Å². The van der Waals surface area contributed by atoms with Crippen molar-refractivity contribution in [2.75, 3.05) is 13.2 Å². The van der Waals surface area contributed by atoms with E-state index >= 15 is 0 Å². The van der Waals surface area contributed by atoms with Gasteiger partial charge in [-0.2, -0.15) is 14.3 Å². The molecule has 15 heavy (non-hydrogen) atoms. The van der Waals surface area contributed by atoms with Gasteiger partial charge >= 0.3 is 0 Å². The van der Waals surface area contributed by atoms with Crippen LogP contribution in [0.2, 0.25) is 0 Å². The molecule has 0 spiro atoms. The van der Waals surface area contributed by atoms with Gasteiger partial charge in [-0.3, -0.25) is 0 Å². The van der Waals surface area contributed by atoms with Gasteiger partial charge in [0.15, 0.2) is 0 Å². The molecule has 0 heterocycles. The Morgan fingerprint density at radius 1 is 1.20 bits per heavy atom. The molecule has 0 radical (unpaired) electrons. The summed E-state index contributed by atoms with van der Waals surface area (Å²) in [6.45, 7) is 13.4. The summed E-state index contributed by atoms with van der Waals surface area (Å²) in [5.41, 5.74) is 0. The summed E-state index contributed by atoms with van der Waals surface area (Å²) in [4.78, 5) is -0.449. The summed E-state index contributed by atoms with van der Waals surface area (Å²) in [6.07, 6.45) is 0. The van der Waals surface area contributed by atoms with Gasteiger partial charge in [-0.25, -0.2) is 0 Å². The number of nitrogens with zero attached hydrogens (tertiary/aromatic N) is 1. The molecule has 0 bridgehead atoms. The maximum atomic E-state index is 5.87. The molecule has 1 unspecified atom stereocenters. The Balaban J connectivity index is -0.000000208. The first-order valence-electron chi connectivity index (χ1n) is 4.99. The SMILES string of the molecule is CC(C)N(Cl)C(C)(C)Cl.CCOCC.P. The fourth-order valence-corrected chi connectivity index (χ4v) is 1.01. The number of hydrogen-bond acceptors (Lipinski definition) is 2. The van der Waals surface area contributed by atoms with E-state index < -0.39 is 5.00 Å². The first-order chi connectivity index (χ1) is 6.27. The van der Waals surface area contributed by atoms with Crippen LogP contribution in [-0.4, -0.2) is 28.7 Å². The third-order valence-electron chi connectivity index (χ3n) is 1.37. The van der Waals surface area contributed by atoms with Crippen LogP contribution in [0.25, 0.3) is 0 Å². The van der Waals surface area contributed by atoms with Crippen molar-refractivity contribution >= 4 is 33.3 Å². The van der Waals surface area contributed by atoms with Crippen molar-refractivity contribution in [2.45, 2.75) is 52.6 Å². The minimum atomic E-state index is -0.449. The zero-order chi connectivity index (χ0) is 11.8. The molecule has 0 aliphatic heterocycles. The number of rotatable bonds is 4. The third-order valence-corrected chi connectivity index (χ3v) is 2.45. The Bertz CT molecular complexity index is 127. The summed E-state index contributed by atoms with van der Waals surface area (Å²) < 4.78 is 6.43. The van der Waals surface area contributed by atoms with Gasteiger partial charge in [0.2, 0.25) is 0 Å². The zero-order valence-electron chi connectivity index (χ0n) is 10.8. The van der Waals surface area contributed by atoms with Gasteiger partial charge in [0.1, 0.15) is 5.00 Å². The van der Waals surface area contributed by atoms with Gasteiger partial charge in [-0.15, -0.1) is 11.6 Å². The highest BCUT2D eigenvalue weighted by Gasteiger charge is 2.23. The van der Waals surface area contributed by atoms with Crippen molar-refractivity contribution in [3.8, 4) is 0 Å². The predicted molar refractivity (Wildman–Crippen MR) is 76.0 cm³/mol. The van der Waals surface area contributed by atoms with E-state index in [0.29, 0.717) is 0 Å². The van der Waals surface area contributed by atoms with Crippen LogP contribution in [0.4, 0.5) is 0 Å². The van der Waals surface area contributed by atoms with Crippen LogP contribution in [0.5, 0.6) is 0 Å². The minimum absolute atomic E-state index is 0. The Kier molecular flexibility index (Phi) is 16.2. The smallest absolute Gasteiger partial charge is 0.104 e. The average Bonchev–Trinajstić information content (AvgIpc) is 2.04. The zero-order valence-corrected chi connectivity index (χ0v) is 13.7. The van der Waals surface area contributed by atoms with Gasteiger partial charge in [-0.1, -0.05) is 0 Å². The molecular formula is C10H26Cl2NOP. The molecular weight excluding hydrogens is 252 g/mol. The topological polar surface area (TPSA) is 12.5 Å². The molecule has 2 nitrogen and oxygen atoms in total. The molecule has 0 aromatic heterocycles. The van der Waals surface area contributed by atoms with Gasteiger partial charge in [-0.05, 0) is 53.3 Å². The maximum Gasteiger partial charge on any atom is 0.104 e. The lowest BCUT2D eigenvalue weighted by Gasteiger charge is -2.29. The summed E-state index contributed by atoms with van der Waals surface area (Å²) >= 11 is 11.7. The van der Waals surface area contributed by atoms with Gasteiger partial charge in [0.25, 0.3) is 0 Å². The Hall–Kier alpha value is 0.930. The lowest BCUT2D eigenvalue weighted by atomic mass is 10.3. The maximum absolute atomic E-state index is 5.87. The van der Waals surface area contributed by atoms with Gasteiger partial charge < -0.3 is 4.74 Å². The fourth-order valence-electron chi connectivity index (χ4n) is 0.818. The highest BCUT2D eigenvalue weighted by Crippen LogP contribution is 2.23. The molecule has 0 N–H and O–H groups in total. The summed E-state index contributed by atoms with van der Waals surface area (Å²) in [7, 11) is 0. The van der Waals surface area contributed by atoms with E-state index in [9.17, 15) is 0 Å². The monoisotopic (exact) mass is 277 g/mol. The number of ether oxygens (including phenoxy) is 1. The molecule has 0 aromatic rings. The van der Waals surface area contributed by atoms with E-state index in [-0.39, 0.29) is 15.9 Å². The fraction of sp³-hybridized carbons (Fsp3) is 1.00. The van der Waals surface area contributed by atoms with Crippen LogP contribution in [0.15, 0.2) is 0 Å². The largest absolute Gasteiger partial charge is 0.382 e. The van der Waals surface area contributed by atoms with E-state index in [2.05, 4.69) is 0 Å². The van der Waals surface area contributed by atoms with Crippen LogP contribution in [0.3, 0.4) is 0 Å². The second kappa shape index (κ2) is 11.4. The first kappa shape index (κ1) is 21.2. The Labute approximate surface area is 108 Å². The molecule has 0 saturated heterocycles. The van der Waals surface area contributed by atoms with Gasteiger partial charge in [0.05, 0.1) is 0 Å². The molecule has 0 aromatic carbocycles. The van der Waals surface area contributed by atoms with E-state index in [1.165, 1.54) is 0 Å². The van der Waals surface area contributed by atoms with Gasteiger partial charge in [0, 0.05) is 19.3 Å². The molecule has 0 fully saturated rings. The molecule has 96 valence electrons. The van der Waals surface area contributed by atoms with Crippen LogP contribution < -0.4 is 0 Å². The van der Waals surface area contributed by atoms with Crippen LogP contribution in [0.1, 0.15) is 41.5 Å².